The Kier molecular flexibility index (Phi) is 8.21. The maximum Gasteiger partial charge on any atom is 0.232 e. The molecule has 12 nitrogen and oxygen atoms in total. The first-order valence-electron chi connectivity index (χ1n) is 11.7. The second-order valence-electron chi connectivity index (χ2n) is 7.94. The summed E-state index contributed by atoms with van der Waals surface area (Å²) in [5, 5.41) is 19.7. The number of methoxy groups -OCH3 is 1. The molecule has 0 saturated carbocycles. The fourth-order valence-electron chi connectivity index (χ4n) is 3.51. The van der Waals surface area contributed by atoms with Gasteiger partial charge in [-0.2, -0.15) is 5.10 Å². The number of aliphatic hydroxyl groups excluding tert-OH is 1. The molecule has 0 radical (unpaired) electrons. The van der Waals surface area contributed by atoms with E-state index in [2.05, 4.69) is 35.7 Å². The Hall–Kier alpha value is -4.58. The third-order valence-corrected chi connectivity index (χ3v) is 5.29. The number of rotatable bonds is 12. The first-order chi connectivity index (χ1) is 18.0. The van der Waals surface area contributed by atoms with Crippen molar-refractivity contribution in [3.8, 4) is 23.0 Å². The zero-order valence-electron chi connectivity index (χ0n) is 20.8. The van der Waals surface area contributed by atoms with Crippen LogP contribution in [0.2, 0.25) is 0 Å². The Bertz CT molecular complexity index is 1360. The summed E-state index contributed by atoms with van der Waals surface area (Å²) >= 11 is 0. The molecule has 0 spiro atoms. The molecule has 0 unspecified atom stereocenters. The normalized spacial score (nSPS) is 10.7. The van der Waals surface area contributed by atoms with Gasteiger partial charge in [-0.25, -0.2) is 19.9 Å². The number of aromatic nitrogens is 6. The van der Waals surface area contributed by atoms with Gasteiger partial charge >= 0.3 is 0 Å². The molecule has 37 heavy (non-hydrogen) atoms. The first kappa shape index (κ1) is 25.5. The van der Waals surface area contributed by atoms with Gasteiger partial charge in [-0.1, -0.05) is 13.0 Å². The topological polar surface area (TPSA) is 149 Å². The van der Waals surface area contributed by atoms with Crippen molar-refractivity contribution in [1.29, 1.82) is 0 Å². The number of anilines is 4. The van der Waals surface area contributed by atoms with Crippen LogP contribution in [0.3, 0.4) is 0 Å². The van der Waals surface area contributed by atoms with Crippen LogP contribution in [0.5, 0.6) is 11.6 Å². The number of nitrogens with one attached hydrogen (secondary N) is 2. The largest absolute Gasteiger partial charge is 0.494 e. The molecule has 3 N–H and O–H groups in total. The maximum absolute atomic E-state index is 12.7. The molecule has 0 atom stereocenters. The summed E-state index contributed by atoms with van der Waals surface area (Å²) < 4.78 is 12.7. The van der Waals surface area contributed by atoms with Crippen molar-refractivity contribution in [1.82, 2.24) is 29.7 Å². The standard InChI is InChI=1S/C25H28N8O4/c1-4-20(35)17-12-26-21(31-22-13-28-23(14-27-22)37-10-6-9-34)11-19(17)30-18-8-5-7-16(24(18)36-3)25-29-15-33(2)32-25/h5,7-8,11-15,34H,4,6,9-10H2,1-3H3,(H2,26,27,30,31). The lowest BCUT2D eigenvalue weighted by Gasteiger charge is -2.17. The van der Waals surface area contributed by atoms with Gasteiger partial charge in [-0.15, -0.1) is 0 Å². The van der Waals surface area contributed by atoms with E-state index < -0.39 is 0 Å². The van der Waals surface area contributed by atoms with Gasteiger partial charge in [0.1, 0.15) is 18.0 Å². The van der Waals surface area contributed by atoms with Crippen LogP contribution in [0.15, 0.2) is 49.2 Å². The van der Waals surface area contributed by atoms with Crippen molar-refractivity contribution in [2.75, 3.05) is 31.0 Å². The molecule has 0 aliphatic rings. The summed E-state index contributed by atoms with van der Waals surface area (Å²) in [6.45, 7) is 2.19. The summed E-state index contributed by atoms with van der Waals surface area (Å²) in [4.78, 5) is 29.9. The lowest BCUT2D eigenvalue weighted by Crippen LogP contribution is -2.07. The van der Waals surface area contributed by atoms with Crippen LogP contribution in [-0.4, -0.2) is 60.9 Å². The van der Waals surface area contributed by atoms with Gasteiger partial charge in [-0.05, 0) is 12.1 Å². The number of para-hydroxylation sites is 1. The number of hydrogen-bond acceptors (Lipinski definition) is 11. The zero-order chi connectivity index (χ0) is 26.2. The Balaban J connectivity index is 1.62. The maximum atomic E-state index is 12.7. The minimum absolute atomic E-state index is 0.0435. The molecule has 0 fully saturated rings. The highest BCUT2D eigenvalue weighted by atomic mass is 16.5. The SMILES string of the molecule is CCC(=O)c1cnc(Nc2cnc(OCCCO)cn2)cc1Nc1cccc(-c2ncn(C)n2)c1OC. The molecule has 192 valence electrons. The number of nitrogens with zero attached hydrogens (tertiary/aromatic N) is 6. The Morgan fingerprint density at radius 1 is 1.05 bits per heavy atom. The van der Waals surface area contributed by atoms with Gasteiger partial charge in [0.25, 0.3) is 0 Å². The minimum Gasteiger partial charge on any atom is -0.494 e. The predicted molar refractivity (Wildman–Crippen MR) is 138 cm³/mol. The Morgan fingerprint density at radius 2 is 1.89 bits per heavy atom. The fourth-order valence-corrected chi connectivity index (χ4v) is 3.51. The number of Topliss-reactive ketones (excluding diaryl/α,β-unsaturated/α-hetero) is 1. The molecule has 3 heterocycles. The lowest BCUT2D eigenvalue weighted by atomic mass is 10.1. The van der Waals surface area contributed by atoms with Gasteiger partial charge in [0.15, 0.2) is 17.4 Å². The summed E-state index contributed by atoms with van der Waals surface area (Å²) in [6.07, 6.45) is 6.96. The highest BCUT2D eigenvalue weighted by molar-refractivity contribution is 6.02. The van der Waals surface area contributed by atoms with E-state index in [0.717, 1.165) is 0 Å². The van der Waals surface area contributed by atoms with Gasteiger partial charge in [0, 0.05) is 38.8 Å². The average molecular weight is 505 g/mol. The third kappa shape index (κ3) is 6.16. The van der Waals surface area contributed by atoms with Crippen LogP contribution >= 0.6 is 0 Å². The van der Waals surface area contributed by atoms with Gasteiger partial charge < -0.3 is 25.2 Å². The van der Waals surface area contributed by atoms with E-state index in [1.54, 1.807) is 38.2 Å². The van der Waals surface area contributed by atoms with E-state index in [0.29, 0.717) is 71.0 Å². The van der Waals surface area contributed by atoms with Gasteiger partial charge in [0.2, 0.25) is 5.88 Å². The van der Waals surface area contributed by atoms with Crippen molar-refractivity contribution < 1.29 is 19.4 Å². The molecule has 4 aromatic rings. The van der Waals surface area contributed by atoms with Crippen LogP contribution < -0.4 is 20.1 Å². The molecule has 12 heteroatoms. The summed E-state index contributed by atoms with van der Waals surface area (Å²) in [5.74, 6) is 2.26. The Labute approximate surface area is 213 Å². The number of aliphatic hydroxyl groups is 1. The van der Waals surface area contributed by atoms with Crippen LogP contribution in [0, 0.1) is 0 Å². The average Bonchev–Trinajstić information content (AvgIpc) is 3.35. The second kappa shape index (κ2) is 11.9. The van der Waals surface area contributed by atoms with E-state index in [9.17, 15) is 4.79 Å². The number of ether oxygens (including phenoxy) is 2. The molecule has 3 aromatic heterocycles. The molecule has 0 amide bonds. The molecule has 0 aliphatic heterocycles. The van der Waals surface area contributed by atoms with E-state index >= 15 is 0 Å². The minimum atomic E-state index is -0.0627. The number of carbonyl (C=O) groups excluding carboxylic acids is 1. The van der Waals surface area contributed by atoms with Crippen LogP contribution in [0.25, 0.3) is 11.4 Å². The van der Waals surface area contributed by atoms with Crippen molar-refractivity contribution >= 4 is 28.8 Å². The third-order valence-electron chi connectivity index (χ3n) is 5.29. The molecular formula is C25H28N8O4. The van der Waals surface area contributed by atoms with Crippen molar-refractivity contribution in [2.24, 2.45) is 7.05 Å². The number of aryl methyl sites for hydroxylation is 1. The number of benzene rings is 1. The highest BCUT2D eigenvalue weighted by Crippen LogP contribution is 2.37. The van der Waals surface area contributed by atoms with Crippen molar-refractivity contribution in [3.63, 3.8) is 0 Å². The van der Waals surface area contributed by atoms with E-state index in [1.807, 2.05) is 18.2 Å². The summed E-state index contributed by atoms with van der Waals surface area (Å²) in [6, 6.07) is 7.30. The van der Waals surface area contributed by atoms with E-state index in [1.165, 1.54) is 18.6 Å². The van der Waals surface area contributed by atoms with Crippen molar-refractivity contribution in [3.05, 3.63) is 54.7 Å². The van der Waals surface area contributed by atoms with Crippen LogP contribution in [-0.2, 0) is 7.05 Å². The molecule has 0 bridgehead atoms. The van der Waals surface area contributed by atoms with E-state index in [-0.39, 0.29) is 12.4 Å². The molecule has 1 aromatic carbocycles. The van der Waals surface area contributed by atoms with Gasteiger partial charge in [-0.3, -0.25) is 9.48 Å². The monoisotopic (exact) mass is 504 g/mol. The fraction of sp³-hybridized carbons (Fsp3) is 0.280. The number of carbonyl (C=O) groups is 1. The van der Waals surface area contributed by atoms with Crippen LogP contribution in [0.1, 0.15) is 30.1 Å². The Morgan fingerprint density at radius 3 is 2.57 bits per heavy atom. The molecule has 0 saturated heterocycles. The molecule has 0 aliphatic carbocycles. The number of pyridine rings is 1. The lowest BCUT2D eigenvalue weighted by molar-refractivity contribution is 0.0988. The predicted octanol–water partition coefficient (Wildman–Crippen LogP) is 3.52. The van der Waals surface area contributed by atoms with E-state index in [4.69, 9.17) is 14.6 Å². The second-order valence-corrected chi connectivity index (χ2v) is 7.94. The first-order valence-corrected chi connectivity index (χ1v) is 11.7. The molecular weight excluding hydrogens is 476 g/mol. The summed E-state index contributed by atoms with van der Waals surface area (Å²) in [7, 11) is 3.36. The zero-order valence-corrected chi connectivity index (χ0v) is 20.8. The van der Waals surface area contributed by atoms with Crippen LogP contribution in [0.4, 0.5) is 23.0 Å². The summed E-state index contributed by atoms with van der Waals surface area (Å²) in [5.41, 5.74) is 2.33. The smallest absolute Gasteiger partial charge is 0.232 e. The quantitative estimate of drug-likeness (QED) is 0.192. The molecule has 4 rings (SSSR count). The van der Waals surface area contributed by atoms with Crippen molar-refractivity contribution in [2.45, 2.75) is 19.8 Å². The highest BCUT2D eigenvalue weighted by Gasteiger charge is 2.18. The van der Waals surface area contributed by atoms with Gasteiger partial charge in [0.05, 0.1) is 48.6 Å². The number of ketones is 1. The number of hydrogen-bond donors (Lipinski definition) is 3.